The van der Waals surface area contributed by atoms with Crippen LogP contribution in [-0.2, 0) is 15.9 Å². The van der Waals surface area contributed by atoms with Crippen LogP contribution in [0.3, 0.4) is 0 Å². The fourth-order valence-electron chi connectivity index (χ4n) is 1.62. The minimum Gasteiger partial charge on any atom is -0.347 e. The van der Waals surface area contributed by atoms with Gasteiger partial charge in [-0.3, -0.25) is 0 Å². The molecule has 0 radical (unpaired) electrons. The number of ether oxygens (including phenoxy) is 2. The first-order chi connectivity index (χ1) is 7.29. The highest BCUT2D eigenvalue weighted by Crippen LogP contribution is 2.22. The van der Waals surface area contributed by atoms with Crippen LogP contribution in [0.1, 0.15) is 24.3 Å². The Morgan fingerprint density at radius 1 is 1.20 bits per heavy atom. The summed E-state index contributed by atoms with van der Waals surface area (Å²) in [6.45, 7) is 3.28. The molecule has 1 fully saturated rings. The topological polar surface area (TPSA) is 44.5 Å². The van der Waals surface area contributed by atoms with Crippen molar-refractivity contribution in [2.24, 2.45) is 5.73 Å². The van der Waals surface area contributed by atoms with Gasteiger partial charge in [-0.25, -0.2) is 0 Å². The van der Waals surface area contributed by atoms with E-state index in [1.54, 1.807) is 0 Å². The van der Waals surface area contributed by atoms with Gasteiger partial charge >= 0.3 is 0 Å². The van der Waals surface area contributed by atoms with Gasteiger partial charge in [-0.1, -0.05) is 31.2 Å². The Morgan fingerprint density at radius 2 is 1.80 bits per heavy atom. The molecular formula is C12H17NO2. The monoisotopic (exact) mass is 207 g/mol. The summed E-state index contributed by atoms with van der Waals surface area (Å²) >= 11 is 0. The molecule has 0 unspecified atom stereocenters. The van der Waals surface area contributed by atoms with Crippen molar-refractivity contribution in [2.45, 2.75) is 25.7 Å². The molecule has 15 heavy (non-hydrogen) atoms. The first-order valence-electron chi connectivity index (χ1n) is 5.37. The maximum atomic E-state index is 5.67. The van der Waals surface area contributed by atoms with Crippen LogP contribution in [0.4, 0.5) is 0 Å². The molecule has 82 valence electrons. The zero-order valence-corrected chi connectivity index (χ0v) is 8.98. The van der Waals surface area contributed by atoms with Gasteiger partial charge in [0, 0.05) is 5.56 Å². The van der Waals surface area contributed by atoms with Crippen molar-refractivity contribution < 1.29 is 9.47 Å². The standard InChI is InChI=1S/C12H17NO2/c1-2-9-3-5-10(6-4-9)12-14-7-11(13)8-15-12/h3-6,11-12H,2,7-8,13H2,1H3. The Labute approximate surface area is 90.2 Å². The van der Waals surface area contributed by atoms with Gasteiger partial charge in [0.05, 0.1) is 19.3 Å². The lowest BCUT2D eigenvalue weighted by Gasteiger charge is -2.27. The molecule has 0 bridgehead atoms. The highest BCUT2D eigenvalue weighted by molar-refractivity contribution is 5.23. The molecule has 1 aromatic carbocycles. The number of aryl methyl sites for hydroxylation is 1. The molecule has 0 amide bonds. The average Bonchev–Trinajstić information content (AvgIpc) is 2.30. The second kappa shape index (κ2) is 4.75. The van der Waals surface area contributed by atoms with Crippen molar-refractivity contribution >= 4 is 0 Å². The van der Waals surface area contributed by atoms with E-state index in [9.17, 15) is 0 Å². The van der Waals surface area contributed by atoms with E-state index in [4.69, 9.17) is 15.2 Å². The van der Waals surface area contributed by atoms with Crippen LogP contribution >= 0.6 is 0 Å². The Hall–Kier alpha value is -0.900. The maximum Gasteiger partial charge on any atom is 0.183 e. The first-order valence-corrected chi connectivity index (χ1v) is 5.37. The molecule has 0 aromatic heterocycles. The molecule has 2 N–H and O–H groups in total. The minimum atomic E-state index is -0.240. The molecular weight excluding hydrogens is 190 g/mol. The molecule has 2 rings (SSSR count). The van der Waals surface area contributed by atoms with Gasteiger partial charge in [0.1, 0.15) is 0 Å². The van der Waals surface area contributed by atoms with Gasteiger partial charge in [-0.2, -0.15) is 0 Å². The molecule has 1 aromatic rings. The van der Waals surface area contributed by atoms with Crippen LogP contribution in [0.25, 0.3) is 0 Å². The van der Waals surface area contributed by atoms with Crippen molar-refractivity contribution in [1.82, 2.24) is 0 Å². The van der Waals surface area contributed by atoms with Crippen molar-refractivity contribution in [2.75, 3.05) is 13.2 Å². The summed E-state index contributed by atoms with van der Waals surface area (Å²) in [7, 11) is 0. The molecule has 1 heterocycles. The number of nitrogens with two attached hydrogens (primary N) is 1. The fourth-order valence-corrected chi connectivity index (χ4v) is 1.62. The zero-order valence-electron chi connectivity index (χ0n) is 8.98. The third-order valence-corrected chi connectivity index (χ3v) is 2.58. The number of rotatable bonds is 2. The van der Waals surface area contributed by atoms with Gasteiger partial charge in [0.25, 0.3) is 0 Å². The van der Waals surface area contributed by atoms with Gasteiger partial charge in [-0.15, -0.1) is 0 Å². The van der Waals surface area contributed by atoms with E-state index < -0.39 is 0 Å². The largest absolute Gasteiger partial charge is 0.347 e. The summed E-state index contributed by atoms with van der Waals surface area (Å²) in [5, 5.41) is 0. The number of benzene rings is 1. The van der Waals surface area contributed by atoms with Gasteiger partial charge in [0.15, 0.2) is 6.29 Å². The maximum absolute atomic E-state index is 5.67. The second-order valence-electron chi connectivity index (χ2n) is 3.85. The summed E-state index contributed by atoms with van der Waals surface area (Å²) in [6.07, 6.45) is 0.813. The Bertz CT molecular complexity index is 302. The zero-order chi connectivity index (χ0) is 10.7. The molecule has 1 saturated heterocycles. The molecule has 1 aliphatic heterocycles. The van der Waals surface area contributed by atoms with E-state index in [0.717, 1.165) is 12.0 Å². The molecule has 3 nitrogen and oxygen atoms in total. The Balaban J connectivity index is 2.03. The summed E-state index contributed by atoms with van der Waals surface area (Å²) in [5.41, 5.74) is 8.06. The van der Waals surface area contributed by atoms with Crippen molar-refractivity contribution in [3.8, 4) is 0 Å². The van der Waals surface area contributed by atoms with Crippen LogP contribution in [0, 0.1) is 0 Å². The van der Waals surface area contributed by atoms with Crippen LogP contribution in [0.15, 0.2) is 24.3 Å². The fraction of sp³-hybridized carbons (Fsp3) is 0.500. The lowest BCUT2D eigenvalue weighted by Crippen LogP contribution is -2.37. The highest BCUT2D eigenvalue weighted by Gasteiger charge is 2.20. The Kier molecular flexibility index (Phi) is 3.36. The van der Waals surface area contributed by atoms with Gasteiger partial charge in [-0.05, 0) is 12.0 Å². The summed E-state index contributed by atoms with van der Waals surface area (Å²) in [5.74, 6) is 0. The molecule has 1 aliphatic rings. The molecule has 3 heteroatoms. The Morgan fingerprint density at radius 3 is 2.33 bits per heavy atom. The summed E-state index contributed by atoms with van der Waals surface area (Å²) in [6, 6.07) is 8.34. The van der Waals surface area contributed by atoms with Crippen molar-refractivity contribution in [1.29, 1.82) is 0 Å². The first kappa shape index (κ1) is 10.6. The van der Waals surface area contributed by atoms with Gasteiger partial charge in [0.2, 0.25) is 0 Å². The van der Waals surface area contributed by atoms with Crippen LogP contribution in [-0.4, -0.2) is 19.3 Å². The third kappa shape index (κ3) is 2.56. The average molecular weight is 207 g/mol. The predicted octanol–water partition coefficient (Wildman–Crippen LogP) is 1.62. The molecule has 0 saturated carbocycles. The second-order valence-corrected chi connectivity index (χ2v) is 3.85. The van der Waals surface area contributed by atoms with E-state index in [1.807, 2.05) is 0 Å². The highest BCUT2D eigenvalue weighted by atomic mass is 16.7. The normalized spacial score (nSPS) is 26.5. The quantitative estimate of drug-likeness (QED) is 0.801. The predicted molar refractivity (Wildman–Crippen MR) is 58.4 cm³/mol. The van der Waals surface area contributed by atoms with Crippen LogP contribution in [0.2, 0.25) is 0 Å². The van der Waals surface area contributed by atoms with E-state index in [0.29, 0.717) is 13.2 Å². The number of hydrogen-bond donors (Lipinski definition) is 1. The van der Waals surface area contributed by atoms with Crippen LogP contribution < -0.4 is 5.73 Å². The number of hydrogen-bond acceptors (Lipinski definition) is 3. The van der Waals surface area contributed by atoms with E-state index in [-0.39, 0.29) is 12.3 Å². The smallest absolute Gasteiger partial charge is 0.183 e. The lowest BCUT2D eigenvalue weighted by molar-refractivity contribution is -0.189. The van der Waals surface area contributed by atoms with E-state index in [2.05, 4.69) is 31.2 Å². The molecule has 0 spiro atoms. The van der Waals surface area contributed by atoms with Crippen molar-refractivity contribution in [3.63, 3.8) is 0 Å². The summed E-state index contributed by atoms with van der Waals surface area (Å²) in [4.78, 5) is 0. The minimum absolute atomic E-state index is 0.0103. The lowest BCUT2D eigenvalue weighted by atomic mass is 10.1. The molecule has 0 atom stereocenters. The van der Waals surface area contributed by atoms with Gasteiger partial charge < -0.3 is 15.2 Å². The third-order valence-electron chi connectivity index (χ3n) is 2.58. The SMILES string of the molecule is CCc1ccc(C2OCC(N)CO2)cc1. The van der Waals surface area contributed by atoms with E-state index in [1.165, 1.54) is 5.56 Å². The van der Waals surface area contributed by atoms with E-state index >= 15 is 0 Å². The summed E-state index contributed by atoms with van der Waals surface area (Å²) < 4.78 is 11.0. The van der Waals surface area contributed by atoms with Crippen molar-refractivity contribution in [3.05, 3.63) is 35.4 Å². The van der Waals surface area contributed by atoms with Crippen LogP contribution in [0.5, 0.6) is 0 Å². The molecule has 0 aliphatic carbocycles.